The van der Waals surface area contributed by atoms with Gasteiger partial charge >= 0.3 is 0 Å². The maximum atomic E-state index is 12.1. The number of nitrogens with zero attached hydrogens (tertiary/aromatic N) is 1. The quantitative estimate of drug-likeness (QED) is 0.595. The highest BCUT2D eigenvalue weighted by Gasteiger charge is 2.09. The number of pyridine rings is 1. The first-order chi connectivity index (χ1) is 13.1. The van der Waals surface area contributed by atoms with Crippen LogP contribution in [0.5, 0.6) is 0 Å². The Morgan fingerprint density at radius 3 is 2.67 bits per heavy atom. The van der Waals surface area contributed by atoms with Gasteiger partial charge in [0.15, 0.2) is 0 Å². The number of carbonyl (C=O) groups excluding carboxylic acids is 1. The zero-order chi connectivity index (χ0) is 19.2. The minimum atomic E-state index is -0.232. The molecular formula is C20H16Cl2N2O2S. The number of aliphatic hydroxyl groups is 1. The standard InChI is InChI=1S/C20H16Cl2N2O2S/c21-15-7-8-18(16(22)12-15)27-19-6-2-5-17(24-19)13-3-1-4-14(11-13)20(26)23-9-10-25/h1-8,11-12,25H,9-10H2,(H,23,26). The minimum Gasteiger partial charge on any atom is -0.395 e. The van der Waals surface area contributed by atoms with Crippen LogP contribution in [0.25, 0.3) is 11.3 Å². The summed E-state index contributed by atoms with van der Waals surface area (Å²) in [7, 11) is 0. The molecule has 0 aliphatic carbocycles. The minimum absolute atomic E-state index is 0.0977. The molecule has 0 unspecified atom stereocenters. The molecule has 2 aromatic carbocycles. The van der Waals surface area contributed by atoms with Gasteiger partial charge in [-0.3, -0.25) is 4.79 Å². The highest BCUT2D eigenvalue weighted by molar-refractivity contribution is 7.99. The molecule has 1 heterocycles. The van der Waals surface area contributed by atoms with Crippen LogP contribution in [0.15, 0.2) is 70.6 Å². The van der Waals surface area contributed by atoms with Gasteiger partial charge in [0.25, 0.3) is 5.91 Å². The Hall–Kier alpha value is -2.05. The van der Waals surface area contributed by atoms with Gasteiger partial charge in [0.05, 0.1) is 17.3 Å². The van der Waals surface area contributed by atoms with E-state index in [1.165, 1.54) is 11.8 Å². The van der Waals surface area contributed by atoms with Crippen LogP contribution in [0.2, 0.25) is 10.0 Å². The lowest BCUT2D eigenvalue weighted by Crippen LogP contribution is -2.26. The van der Waals surface area contributed by atoms with E-state index in [9.17, 15) is 4.79 Å². The van der Waals surface area contributed by atoms with E-state index >= 15 is 0 Å². The predicted octanol–water partition coefficient (Wildman–Crippen LogP) is 4.93. The molecule has 1 aromatic heterocycles. The molecule has 2 N–H and O–H groups in total. The van der Waals surface area contributed by atoms with Gasteiger partial charge < -0.3 is 10.4 Å². The van der Waals surface area contributed by atoms with Gasteiger partial charge in [-0.2, -0.15) is 0 Å². The summed E-state index contributed by atoms with van der Waals surface area (Å²) in [4.78, 5) is 17.6. The van der Waals surface area contributed by atoms with Gasteiger partial charge in [0, 0.05) is 27.6 Å². The largest absolute Gasteiger partial charge is 0.395 e. The molecule has 0 saturated carbocycles. The fourth-order valence-corrected chi connectivity index (χ4v) is 3.73. The van der Waals surface area contributed by atoms with Crippen molar-refractivity contribution in [2.75, 3.05) is 13.2 Å². The van der Waals surface area contributed by atoms with Crippen molar-refractivity contribution < 1.29 is 9.90 Å². The van der Waals surface area contributed by atoms with Crippen molar-refractivity contribution in [3.63, 3.8) is 0 Å². The molecule has 0 saturated heterocycles. The first-order valence-corrected chi connectivity index (χ1v) is 9.73. The Morgan fingerprint density at radius 2 is 1.89 bits per heavy atom. The van der Waals surface area contributed by atoms with Crippen LogP contribution in [0.1, 0.15) is 10.4 Å². The third-order valence-corrected chi connectivity index (χ3v) is 5.32. The number of hydrogen-bond donors (Lipinski definition) is 2. The predicted molar refractivity (Wildman–Crippen MR) is 110 cm³/mol. The Balaban J connectivity index is 1.84. The van der Waals surface area contributed by atoms with Crippen molar-refractivity contribution in [3.8, 4) is 11.3 Å². The second kappa shape index (κ2) is 9.24. The fraction of sp³-hybridized carbons (Fsp3) is 0.100. The normalized spacial score (nSPS) is 10.6. The SMILES string of the molecule is O=C(NCCO)c1cccc(-c2cccc(Sc3ccc(Cl)cc3Cl)n2)c1. The van der Waals surface area contributed by atoms with E-state index in [0.29, 0.717) is 15.6 Å². The van der Waals surface area contributed by atoms with E-state index in [1.807, 2.05) is 30.3 Å². The second-order valence-corrected chi connectivity index (χ2v) is 7.50. The van der Waals surface area contributed by atoms with Gasteiger partial charge in [-0.05, 0) is 42.5 Å². The highest BCUT2D eigenvalue weighted by Crippen LogP contribution is 2.34. The number of hydrogen-bond acceptors (Lipinski definition) is 4. The molecule has 0 fully saturated rings. The molecule has 0 spiro atoms. The Morgan fingerprint density at radius 1 is 1.07 bits per heavy atom. The third kappa shape index (κ3) is 5.23. The topological polar surface area (TPSA) is 62.2 Å². The number of halogens is 2. The molecular weight excluding hydrogens is 403 g/mol. The van der Waals surface area contributed by atoms with Crippen LogP contribution in [-0.4, -0.2) is 29.1 Å². The average Bonchev–Trinajstić information content (AvgIpc) is 2.68. The van der Waals surface area contributed by atoms with E-state index in [2.05, 4.69) is 10.3 Å². The van der Waals surface area contributed by atoms with Crippen LogP contribution in [0.3, 0.4) is 0 Å². The molecule has 0 radical (unpaired) electrons. The molecule has 138 valence electrons. The lowest BCUT2D eigenvalue weighted by atomic mass is 10.1. The van der Waals surface area contributed by atoms with Crippen molar-refractivity contribution in [2.45, 2.75) is 9.92 Å². The summed E-state index contributed by atoms with van der Waals surface area (Å²) in [5.74, 6) is -0.232. The van der Waals surface area contributed by atoms with E-state index < -0.39 is 0 Å². The average molecular weight is 419 g/mol. The van der Waals surface area contributed by atoms with Crippen LogP contribution in [0, 0.1) is 0 Å². The summed E-state index contributed by atoms with van der Waals surface area (Å²) in [6, 6.07) is 18.2. The lowest BCUT2D eigenvalue weighted by molar-refractivity contribution is 0.0945. The molecule has 3 rings (SSSR count). The molecule has 4 nitrogen and oxygen atoms in total. The summed E-state index contributed by atoms with van der Waals surface area (Å²) in [5.41, 5.74) is 2.10. The second-order valence-electron chi connectivity index (χ2n) is 5.60. The van der Waals surface area contributed by atoms with E-state index in [4.69, 9.17) is 28.3 Å². The van der Waals surface area contributed by atoms with Gasteiger partial charge in [0.2, 0.25) is 0 Å². The Kier molecular flexibility index (Phi) is 6.74. The zero-order valence-electron chi connectivity index (χ0n) is 14.2. The number of aliphatic hydroxyl groups excluding tert-OH is 1. The summed E-state index contributed by atoms with van der Waals surface area (Å²) in [5, 5.41) is 13.4. The number of benzene rings is 2. The van der Waals surface area contributed by atoms with Crippen LogP contribution in [0.4, 0.5) is 0 Å². The van der Waals surface area contributed by atoms with Crippen molar-refractivity contribution in [1.82, 2.24) is 10.3 Å². The number of aromatic nitrogens is 1. The fourth-order valence-electron chi connectivity index (χ4n) is 2.39. The summed E-state index contributed by atoms with van der Waals surface area (Å²) < 4.78 is 0. The van der Waals surface area contributed by atoms with Crippen molar-refractivity contribution in [1.29, 1.82) is 0 Å². The molecule has 1 amide bonds. The van der Waals surface area contributed by atoms with E-state index in [-0.39, 0.29) is 19.1 Å². The molecule has 7 heteroatoms. The highest BCUT2D eigenvalue weighted by atomic mass is 35.5. The van der Waals surface area contributed by atoms with Gasteiger partial charge in [0.1, 0.15) is 5.03 Å². The van der Waals surface area contributed by atoms with Crippen molar-refractivity contribution in [3.05, 3.63) is 76.3 Å². The Labute approximate surface area is 171 Å². The number of rotatable bonds is 6. The maximum Gasteiger partial charge on any atom is 0.251 e. The number of nitrogens with one attached hydrogen (secondary N) is 1. The summed E-state index contributed by atoms with van der Waals surface area (Å²) in [6.07, 6.45) is 0. The van der Waals surface area contributed by atoms with Gasteiger partial charge in [-0.1, -0.05) is 53.2 Å². The first-order valence-electron chi connectivity index (χ1n) is 8.16. The van der Waals surface area contributed by atoms with Crippen molar-refractivity contribution in [2.24, 2.45) is 0 Å². The van der Waals surface area contributed by atoms with E-state index in [0.717, 1.165) is 21.2 Å². The molecule has 0 bridgehead atoms. The summed E-state index contributed by atoms with van der Waals surface area (Å²) in [6.45, 7) is 0.120. The molecule has 27 heavy (non-hydrogen) atoms. The molecule has 0 atom stereocenters. The monoisotopic (exact) mass is 418 g/mol. The van der Waals surface area contributed by atoms with E-state index in [1.54, 1.807) is 30.3 Å². The van der Waals surface area contributed by atoms with Crippen LogP contribution in [-0.2, 0) is 0 Å². The molecule has 3 aromatic rings. The number of carbonyl (C=O) groups is 1. The third-order valence-electron chi connectivity index (χ3n) is 3.65. The lowest BCUT2D eigenvalue weighted by Gasteiger charge is -2.08. The zero-order valence-corrected chi connectivity index (χ0v) is 16.5. The Bertz CT molecular complexity index is 966. The number of amides is 1. The first kappa shape index (κ1) is 19.7. The molecule has 0 aliphatic heterocycles. The molecule has 0 aliphatic rings. The van der Waals surface area contributed by atoms with Crippen LogP contribution < -0.4 is 5.32 Å². The van der Waals surface area contributed by atoms with Crippen LogP contribution >= 0.6 is 35.0 Å². The maximum absolute atomic E-state index is 12.1. The van der Waals surface area contributed by atoms with Gasteiger partial charge in [-0.25, -0.2) is 4.98 Å². The smallest absolute Gasteiger partial charge is 0.251 e. The van der Waals surface area contributed by atoms with Gasteiger partial charge in [-0.15, -0.1) is 0 Å². The van der Waals surface area contributed by atoms with Crippen molar-refractivity contribution >= 4 is 40.9 Å². The summed E-state index contributed by atoms with van der Waals surface area (Å²) >= 11 is 13.6.